The molecule has 2 aliphatic carbocycles. The van der Waals surface area contributed by atoms with Crippen molar-refractivity contribution in [2.75, 3.05) is 12.0 Å². The number of carbonyl (C=O) groups is 4. The van der Waals surface area contributed by atoms with Crippen LogP contribution in [0.25, 0.3) is 0 Å². The summed E-state index contributed by atoms with van der Waals surface area (Å²) in [5, 5.41) is 13.4. The van der Waals surface area contributed by atoms with E-state index < -0.39 is 62.9 Å². The van der Waals surface area contributed by atoms with E-state index in [0.29, 0.717) is 11.3 Å². The van der Waals surface area contributed by atoms with Gasteiger partial charge in [-0.3, -0.25) is 24.5 Å². The molecule has 4 aliphatic rings. The molecule has 3 fully saturated rings. The second-order valence-electron chi connectivity index (χ2n) is 10.0. The summed E-state index contributed by atoms with van der Waals surface area (Å²) in [6.45, 7) is 0. The molecule has 2 saturated heterocycles. The molecule has 2 aliphatic heterocycles. The van der Waals surface area contributed by atoms with E-state index in [9.17, 15) is 28.7 Å². The van der Waals surface area contributed by atoms with Crippen LogP contribution in [0.15, 0.2) is 54.1 Å². The summed E-state index contributed by atoms with van der Waals surface area (Å²) < 4.78 is 18.8. The summed E-state index contributed by atoms with van der Waals surface area (Å²) in [6.07, 6.45) is 1.78. The van der Waals surface area contributed by atoms with Crippen LogP contribution in [0.2, 0.25) is 0 Å². The molecule has 2 aromatic rings. The van der Waals surface area contributed by atoms with Gasteiger partial charge < -0.3 is 9.84 Å². The lowest BCUT2D eigenvalue weighted by atomic mass is 9.56. The molecule has 11 heteroatoms. The number of ether oxygens (including phenoxy) is 1. The van der Waals surface area contributed by atoms with Crippen molar-refractivity contribution in [1.82, 2.24) is 5.32 Å². The zero-order chi connectivity index (χ0) is 27.1. The number of alkyl halides is 2. The number of hydrogen-bond acceptors (Lipinski definition) is 6. The second-order valence-corrected chi connectivity index (χ2v) is 11.3. The Kier molecular flexibility index (Phi) is 5.42. The van der Waals surface area contributed by atoms with Gasteiger partial charge in [0.1, 0.15) is 17.3 Å². The largest absolute Gasteiger partial charge is 0.508 e. The van der Waals surface area contributed by atoms with Crippen molar-refractivity contribution in [3.8, 4) is 11.5 Å². The summed E-state index contributed by atoms with van der Waals surface area (Å²) >= 11 is 14.4. The number of anilines is 1. The van der Waals surface area contributed by atoms with Crippen LogP contribution in [0.4, 0.5) is 10.1 Å². The van der Waals surface area contributed by atoms with Crippen molar-refractivity contribution in [2.45, 2.75) is 28.5 Å². The number of phenolic OH excluding ortho intramolecular Hbond substituents is 1. The Morgan fingerprint density at radius 3 is 2.39 bits per heavy atom. The van der Waals surface area contributed by atoms with E-state index in [0.717, 1.165) is 17.0 Å². The lowest BCUT2D eigenvalue weighted by molar-refractivity contribution is -0.127. The summed E-state index contributed by atoms with van der Waals surface area (Å²) in [6, 6.07) is 9.22. The van der Waals surface area contributed by atoms with Gasteiger partial charge in [-0.25, -0.2) is 9.29 Å². The van der Waals surface area contributed by atoms with Gasteiger partial charge in [0.25, 0.3) is 11.8 Å². The fourth-order valence-electron chi connectivity index (χ4n) is 6.55. The number of nitrogens with zero attached hydrogens (tertiary/aromatic N) is 1. The lowest BCUT2D eigenvalue weighted by Gasteiger charge is -2.50. The number of carbonyl (C=O) groups excluding carboxylic acids is 4. The fraction of sp³-hybridized carbons (Fsp3) is 0.333. The van der Waals surface area contributed by atoms with Crippen molar-refractivity contribution >= 4 is 52.5 Å². The van der Waals surface area contributed by atoms with Gasteiger partial charge in [-0.2, -0.15) is 0 Å². The van der Waals surface area contributed by atoms with Gasteiger partial charge in [0.2, 0.25) is 11.8 Å². The van der Waals surface area contributed by atoms with Gasteiger partial charge >= 0.3 is 0 Å². The highest BCUT2D eigenvalue weighted by Crippen LogP contribution is 2.66. The molecular formula is C27H21Cl2FN2O6. The number of benzene rings is 2. The molecule has 0 aromatic heterocycles. The van der Waals surface area contributed by atoms with Crippen molar-refractivity contribution in [1.29, 1.82) is 0 Å². The number of aromatic hydroxyl groups is 1. The second kappa shape index (κ2) is 8.28. The Hall–Kier alpha value is -3.43. The van der Waals surface area contributed by atoms with E-state index >= 15 is 0 Å². The van der Waals surface area contributed by atoms with Gasteiger partial charge in [0, 0.05) is 17.5 Å². The van der Waals surface area contributed by atoms with E-state index in [1.807, 2.05) is 0 Å². The average Bonchev–Trinajstić information content (AvgIpc) is 3.26. The molecule has 2 heterocycles. The number of allylic oxidation sites excluding steroid dienone is 2. The number of hydrogen-bond donors (Lipinski definition) is 2. The first-order valence-electron chi connectivity index (χ1n) is 12.0. The topological polar surface area (TPSA) is 113 Å². The maximum absolute atomic E-state index is 14.1. The summed E-state index contributed by atoms with van der Waals surface area (Å²) in [7, 11) is 1.43. The molecule has 1 saturated carbocycles. The monoisotopic (exact) mass is 558 g/mol. The first kappa shape index (κ1) is 24.9. The van der Waals surface area contributed by atoms with Crippen LogP contribution in [0.5, 0.6) is 11.5 Å². The third kappa shape index (κ3) is 3.09. The van der Waals surface area contributed by atoms with Gasteiger partial charge in [-0.15, -0.1) is 23.2 Å². The molecule has 6 rings (SSSR count). The van der Waals surface area contributed by atoms with Crippen LogP contribution < -0.4 is 15.0 Å². The maximum Gasteiger partial charge on any atom is 0.258 e. The van der Waals surface area contributed by atoms with Gasteiger partial charge in [0.05, 0.1) is 24.6 Å². The van der Waals surface area contributed by atoms with Crippen LogP contribution in [0.3, 0.4) is 0 Å². The highest BCUT2D eigenvalue weighted by molar-refractivity contribution is 6.58. The van der Waals surface area contributed by atoms with Crippen LogP contribution in [0, 0.1) is 23.6 Å². The van der Waals surface area contributed by atoms with E-state index in [4.69, 9.17) is 27.9 Å². The average molecular weight is 559 g/mol. The Balaban J connectivity index is 1.58. The predicted molar refractivity (Wildman–Crippen MR) is 134 cm³/mol. The Bertz CT molecular complexity index is 1460. The van der Waals surface area contributed by atoms with Crippen LogP contribution in [0.1, 0.15) is 24.3 Å². The lowest BCUT2D eigenvalue weighted by Crippen LogP contribution is -2.60. The SMILES string of the molecule is COc1ccc([C@H]2C3=CC[C@@H]4C(=O)NC(=O)[C@@H]4[C@@H]3C[C@@]3(Cl)C(=O)N(c4ccc(F)cc4)C(=O)[C@@]23Cl)c(O)c1. The molecule has 0 bridgehead atoms. The Labute approximate surface area is 226 Å². The van der Waals surface area contributed by atoms with E-state index in [2.05, 4.69) is 5.32 Å². The molecule has 0 radical (unpaired) electrons. The molecule has 0 spiro atoms. The van der Waals surface area contributed by atoms with Crippen LogP contribution >= 0.6 is 23.2 Å². The molecular weight excluding hydrogens is 538 g/mol. The molecule has 6 atom stereocenters. The number of amides is 4. The molecule has 38 heavy (non-hydrogen) atoms. The normalized spacial score (nSPS) is 33.9. The molecule has 8 nitrogen and oxygen atoms in total. The zero-order valence-electron chi connectivity index (χ0n) is 19.9. The van der Waals surface area contributed by atoms with Gasteiger partial charge in [-0.05, 0) is 49.1 Å². The maximum atomic E-state index is 14.1. The third-order valence-corrected chi connectivity index (χ3v) is 9.70. The van der Waals surface area contributed by atoms with Crippen molar-refractivity contribution in [3.05, 3.63) is 65.5 Å². The van der Waals surface area contributed by atoms with Crippen molar-refractivity contribution in [2.24, 2.45) is 17.8 Å². The number of halogens is 3. The number of methoxy groups -OCH3 is 1. The minimum atomic E-state index is -2.11. The van der Waals surface area contributed by atoms with Crippen LogP contribution in [-0.4, -0.2) is 45.6 Å². The minimum absolute atomic E-state index is 0.0807. The Morgan fingerprint density at radius 1 is 1.03 bits per heavy atom. The quantitative estimate of drug-likeness (QED) is 0.339. The van der Waals surface area contributed by atoms with Crippen molar-refractivity contribution < 1.29 is 33.4 Å². The number of nitrogens with one attached hydrogen (secondary N) is 1. The smallest absolute Gasteiger partial charge is 0.258 e. The number of phenols is 1. The standard InChI is InChI=1S/C27H21Cl2FN2O6/c1-38-14-6-7-16(19(33)10-14)21-15-8-9-17-20(23(35)31-22(17)34)18(15)11-26(28)24(36)32(25(37)27(21,26)29)13-4-2-12(30)3-5-13/h2-8,10,17-18,20-21,33H,9,11H2,1H3,(H,31,34,35)/t17-,18+,20-,21+,26+,27-/m0/s1. The third-order valence-electron chi connectivity index (χ3n) is 8.29. The molecule has 4 amide bonds. The molecule has 196 valence electrons. The minimum Gasteiger partial charge on any atom is -0.508 e. The molecule has 2 N–H and O–H groups in total. The highest BCUT2D eigenvalue weighted by Gasteiger charge is 2.76. The predicted octanol–water partition coefficient (Wildman–Crippen LogP) is 3.39. The number of imide groups is 2. The first-order valence-corrected chi connectivity index (χ1v) is 12.7. The van der Waals surface area contributed by atoms with E-state index in [1.54, 1.807) is 12.1 Å². The van der Waals surface area contributed by atoms with E-state index in [1.165, 1.54) is 31.4 Å². The molecule has 0 unspecified atom stereocenters. The van der Waals surface area contributed by atoms with Gasteiger partial charge in [0.15, 0.2) is 9.75 Å². The number of rotatable bonds is 3. The highest BCUT2D eigenvalue weighted by atomic mass is 35.5. The van der Waals surface area contributed by atoms with Gasteiger partial charge in [-0.1, -0.05) is 17.7 Å². The zero-order valence-corrected chi connectivity index (χ0v) is 21.4. The molecule has 2 aromatic carbocycles. The summed E-state index contributed by atoms with van der Waals surface area (Å²) in [5.41, 5.74) is 0.842. The first-order chi connectivity index (χ1) is 18.0. The summed E-state index contributed by atoms with van der Waals surface area (Å²) in [4.78, 5) is 50.2. The number of fused-ring (bicyclic) bond motifs is 4. The Morgan fingerprint density at radius 2 is 1.74 bits per heavy atom. The van der Waals surface area contributed by atoms with E-state index in [-0.39, 0.29) is 29.8 Å². The summed E-state index contributed by atoms with van der Waals surface area (Å²) in [5.74, 6) is -6.31. The van der Waals surface area contributed by atoms with Crippen molar-refractivity contribution in [3.63, 3.8) is 0 Å². The van der Waals surface area contributed by atoms with Crippen LogP contribution in [-0.2, 0) is 19.2 Å². The fourth-order valence-corrected chi connectivity index (χ4v) is 7.48.